The Hall–Kier alpha value is -3.65. The first-order valence-corrected chi connectivity index (χ1v) is 12.9. The van der Waals surface area contributed by atoms with Gasteiger partial charge in [0.1, 0.15) is 11.6 Å². The highest BCUT2D eigenvalue weighted by atomic mass is 32.2. The van der Waals surface area contributed by atoms with Gasteiger partial charge in [0, 0.05) is 11.3 Å². The van der Waals surface area contributed by atoms with E-state index in [1.54, 1.807) is 43.5 Å². The van der Waals surface area contributed by atoms with E-state index in [2.05, 4.69) is 52.1 Å². The molecule has 3 aromatic carbocycles. The van der Waals surface area contributed by atoms with Gasteiger partial charge in [-0.2, -0.15) is 0 Å². The van der Waals surface area contributed by atoms with Crippen molar-refractivity contribution in [1.29, 1.82) is 0 Å². The minimum atomic E-state index is -0.258. The Morgan fingerprint density at radius 3 is 2.25 bits per heavy atom. The highest BCUT2D eigenvalue weighted by Crippen LogP contribution is 2.30. The number of nitrogens with one attached hydrogen (secondary N) is 1. The number of para-hydroxylation sites is 1. The minimum Gasteiger partial charge on any atom is -0.497 e. The summed E-state index contributed by atoms with van der Waals surface area (Å²) in [6.45, 7) is 4.47. The molecule has 1 amide bonds. The number of halogens is 1. The summed E-state index contributed by atoms with van der Waals surface area (Å²) >= 11 is 1.54. The highest BCUT2D eigenvalue weighted by Gasteiger charge is 2.20. The molecule has 0 bridgehead atoms. The number of hydrogen-bond donors (Lipinski definition) is 1. The average Bonchev–Trinajstić information content (AvgIpc) is 3.33. The molecule has 8 heteroatoms. The summed E-state index contributed by atoms with van der Waals surface area (Å²) in [5.41, 5.74) is 4.95. The zero-order valence-corrected chi connectivity index (χ0v) is 21.4. The van der Waals surface area contributed by atoms with E-state index in [4.69, 9.17) is 4.74 Å². The van der Waals surface area contributed by atoms with Crippen molar-refractivity contribution in [1.82, 2.24) is 20.1 Å². The normalized spacial score (nSPS) is 10.9. The first-order chi connectivity index (χ1) is 17.5. The third-order valence-corrected chi connectivity index (χ3v) is 6.93. The van der Waals surface area contributed by atoms with Crippen LogP contribution >= 0.6 is 11.8 Å². The van der Waals surface area contributed by atoms with Crippen molar-refractivity contribution in [2.45, 2.75) is 44.1 Å². The average molecular weight is 505 g/mol. The van der Waals surface area contributed by atoms with Gasteiger partial charge in [0.05, 0.1) is 19.3 Å². The van der Waals surface area contributed by atoms with Gasteiger partial charge in [-0.25, -0.2) is 4.39 Å². The molecule has 4 rings (SSSR count). The number of amides is 1. The van der Waals surface area contributed by atoms with Gasteiger partial charge >= 0.3 is 0 Å². The number of aromatic nitrogens is 3. The first-order valence-electron chi connectivity index (χ1n) is 11.9. The molecule has 0 saturated carbocycles. The van der Waals surface area contributed by atoms with Crippen molar-refractivity contribution in [3.8, 4) is 11.4 Å². The Morgan fingerprint density at radius 2 is 1.64 bits per heavy atom. The SMILES string of the molecule is CCc1cccc(CC)c1-n1c(CNC(=O)c2ccc(OC)cc2)nnc1SCc1ccc(F)cc1. The first kappa shape index (κ1) is 25.4. The molecular formula is C28H29FN4O2S. The molecule has 4 aromatic rings. The molecule has 0 atom stereocenters. The molecule has 0 aliphatic rings. The summed E-state index contributed by atoms with van der Waals surface area (Å²) in [4.78, 5) is 12.8. The van der Waals surface area contributed by atoms with Crippen LogP contribution < -0.4 is 10.1 Å². The second-order valence-corrected chi connectivity index (χ2v) is 9.14. The predicted molar refractivity (Wildman–Crippen MR) is 140 cm³/mol. The molecule has 0 saturated heterocycles. The van der Waals surface area contributed by atoms with Crippen molar-refractivity contribution in [3.05, 3.63) is 101 Å². The molecule has 1 N–H and O–H groups in total. The fourth-order valence-electron chi connectivity index (χ4n) is 3.97. The zero-order valence-electron chi connectivity index (χ0n) is 20.6. The molecule has 1 heterocycles. The van der Waals surface area contributed by atoms with Crippen LogP contribution in [0.5, 0.6) is 5.75 Å². The van der Waals surface area contributed by atoms with E-state index in [9.17, 15) is 9.18 Å². The van der Waals surface area contributed by atoms with Gasteiger partial charge in [-0.3, -0.25) is 9.36 Å². The zero-order chi connectivity index (χ0) is 25.5. The number of benzene rings is 3. The summed E-state index contributed by atoms with van der Waals surface area (Å²) in [6, 6.07) is 19.7. The fourth-order valence-corrected chi connectivity index (χ4v) is 4.88. The monoisotopic (exact) mass is 504 g/mol. The Bertz CT molecular complexity index is 1300. The quantitative estimate of drug-likeness (QED) is 0.278. The van der Waals surface area contributed by atoms with Crippen molar-refractivity contribution >= 4 is 17.7 Å². The Balaban J connectivity index is 1.65. The second-order valence-electron chi connectivity index (χ2n) is 8.19. The number of hydrogen-bond acceptors (Lipinski definition) is 5. The Kier molecular flexibility index (Phi) is 8.38. The molecule has 0 fully saturated rings. The van der Waals surface area contributed by atoms with Crippen LogP contribution in [0, 0.1) is 5.82 Å². The van der Waals surface area contributed by atoms with E-state index in [0.29, 0.717) is 22.9 Å². The lowest BCUT2D eigenvalue weighted by molar-refractivity contribution is 0.0949. The maximum Gasteiger partial charge on any atom is 0.251 e. The number of aryl methyl sites for hydroxylation is 2. The summed E-state index contributed by atoms with van der Waals surface area (Å²) in [5, 5.41) is 12.6. The predicted octanol–water partition coefficient (Wildman–Crippen LogP) is 5.76. The molecule has 36 heavy (non-hydrogen) atoms. The van der Waals surface area contributed by atoms with Crippen molar-refractivity contribution in [2.75, 3.05) is 7.11 Å². The smallest absolute Gasteiger partial charge is 0.251 e. The lowest BCUT2D eigenvalue weighted by atomic mass is 10.0. The van der Waals surface area contributed by atoms with Gasteiger partial charge in [-0.15, -0.1) is 10.2 Å². The maximum atomic E-state index is 13.3. The standard InChI is InChI=1S/C28H29FN4O2S/c1-4-20-7-6-8-21(5-2)26(20)33-25(17-30-27(34)22-11-15-24(35-3)16-12-22)31-32-28(33)36-18-19-9-13-23(29)14-10-19/h6-16H,4-5,17-18H2,1-3H3,(H,30,34). The number of methoxy groups -OCH3 is 1. The van der Waals surface area contributed by atoms with Gasteiger partial charge in [0.25, 0.3) is 5.91 Å². The van der Waals surface area contributed by atoms with Crippen molar-refractivity contribution in [2.24, 2.45) is 0 Å². The third-order valence-electron chi connectivity index (χ3n) is 5.93. The molecule has 0 spiro atoms. The van der Waals surface area contributed by atoms with E-state index in [-0.39, 0.29) is 18.3 Å². The van der Waals surface area contributed by atoms with Gasteiger partial charge in [0.15, 0.2) is 11.0 Å². The van der Waals surface area contributed by atoms with Gasteiger partial charge in [-0.1, -0.05) is 55.9 Å². The van der Waals surface area contributed by atoms with E-state index < -0.39 is 0 Å². The largest absolute Gasteiger partial charge is 0.497 e. The topological polar surface area (TPSA) is 69.0 Å². The molecule has 1 aromatic heterocycles. The van der Waals surface area contributed by atoms with Gasteiger partial charge in [-0.05, 0) is 65.9 Å². The second kappa shape index (κ2) is 11.9. The van der Waals surface area contributed by atoms with E-state index in [0.717, 1.165) is 29.2 Å². The molecule has 0 aliphatic carbocycles. The van der Waals surface area contributed by atoms with Crippen molar-refractivity contribution in [3.63, 3.8) is 0 Å². The van der Waals surface area contributed by atoms with Crippen molar-refractivity contribution < 1.29 is 13.9 Å². The summed E-state index contributed by atoms with van der Waals surface area (Å²) in [6.07, 6.45) is 1.70. The van der Waals surface area contributed by atoms with E-state index in [1.165, 1.54) is 35.0 Å². The summed E-state index contributed by atoms with van der Waals surface area (Å²) in [7, 11) is 1.59. The lowest BCUT2D eigenvalue weighted by Gasteiger charge is -2.18. The molecule has 186 valence electrons. The van der Waals surface area contributed by atoms with Crippen LogP contribution in [0.3, 0.4) is 0 Å². The molecule has 6 nitrogen and oxygen atoms in total. The fraction of sp³-hybridized carbons (Fsp3) is 0.250. The molecule has 0 unspecified atom stereocenters. The number of rotatable bonds is 10. The van der Waals surface area contributed by atoms with Crippen LogP contribution in [0.4, 0.5) is 4.39 Å². The van der Waals surface area contributed by atoms with Crippen LogP contribution in [-0.2, 0) is 25.1 Å². The summed E-state index contributed by atoms with van der Waals surface area (Å²) in [5.74, 6) is 1.50. The van der Waals surface area contributed by atoms with E-state index in [1.807, 2.05) is 0 Å². The number of ether oxygens (including phenoxy) is 1. The number of thioether (sulfide) groups is 1. The maximum absolute atomic E-state index is 13.3. The lowest BCUT2D eigenvalue weighted by Crippen LogP contribution is -2.25. The van der Waals surface area contributed by atoms with Crippen LogP contribution in [-0.4, -0.2) is 27.8 Å². The number of carbonyl (C=O) groups is 1. The van der Waals surface area contributed by atoms with Crippen LogP contribution in [0.2, 0.25) is 0 Å². The number of carbonyl (C=O) groups excluding carboxylic acids is 1. The van der Waals surface area contributed by atoms with Gasteiger partial charge in [0.2, 0.25) is 0 Å². The van der Waals surface area contributed by atoms with Crippen LogP contribution in [0.25, 0.3) is 5.69 Å². The Morgan fingerprint density at radius 1 is 0.972 bits per heavy atom. The number of nitrogens with zero attached hydrogens (tertiary/aromatic N) is 3. The highest BCUT2D eigenvalue weighted by molar-refractivity contribution is 7.98. The molecular weight excluding hydrogens is 475 g/mol. The third kappa shape index (κ3) is 5.76. The Labute approximate surface area is 214 Å². The van der Waals surface area contributed by atoms with Crippen LogP contribution in [0.15, 0.2) is 71.9 Å². The van der Waals surface area contributed by atoms with Gasteiger partial charge < -0.3 is 10.1 Å². The van der Waals surface area contributed by atoms with Crippen LogP contribution in [0.1, 0.15) is 46.7 Å². The molecule has 0 radical (unpaired) electrons. The minimum absolute atomic E-state index is 0.202. The van der Waals surface area contributed by atoms with E-state index >= 15 is 0 Å². The summed E-state index contributed by atoms with van der Waals surface area (Å²) < 4.78 is 20.6. The molecule has 0 aliphatic heterocycles.